The Labute approximate surface area is 126 Å². The molecule has 0 aliphatic heterocycles. The first kappa shape index (κ1) is 15.5. The highest BCUT2D eigenvalue weighted by Gasteiger charge is 2.04. The van der Waals surface area contributed by atoms with E-state index in [0.717, 1.165) is 23.6 Å². The average molecular weight is 285 g/mol. The maximum absolute atomic E-state index is 5.88. The summed E-state index contributed by atoms with van der Waals surface area (Å²) in [6, 6.07) is 16.5. The molecular formula is C18H23NO2. The molecule has 2 aromatic rings. The van der Waals surface area contributed by atoms with Gasteiger partial charge in [0.05, 0.1) is 6.61 Å². The monoisotopic (exact) mass is 285 g/mol. The molecule has 0 spiro atoms. The van der Waals surface area contributed by atoms with E-state index in [-0.39, 0.29) is 0 Å². The third-order valence-electron chi connectivity index (χ3n) is 3.34. The van der Waals surface area contributed by atoms with Crippen LogP contribution in [-0.2, 0) is 11.3 Å². The minimum Gasteiger partial charge on any atom is -0.457 e. The predicted molar refractivity (Wildman–Crippen MR) is 85.8 cm³/mol. The Hall–Kier alpha value is -1.84. The topological polar surface area (TPSA) is 30.5 Å². The van der Waals surface area contributed by atoms with Gasteiger partial charge in [0.15, 0.2) is 0 Å². The largest absolute Gasteiger partial charge is 0.457 e. The van der Waals surface area contributed by atoms with Crippen LogP contribution in [0, 0.1) is 0 Å². The molecule has 0 radical (unpaired) electrons. The molecule has 1 N–H and O–H groups in total. The summed E-state index contributed by atoms with van der Waals surface area (Å²) >= 11 is 0. The van der Waals surface area contributed by atoms with E-state index in [9.17, 15) is 0 Å². The lowest BCUT2D eigenvalue weighted by molar-refractivity contribution is 0.184. The number of nitrogens with one attached hydrogen (secondary N) is 1. The van der Waals surface area contributed by atoms with Crippen molar-refractivity contribution in [3.63, 3.8) is 0 Å². The fourth-order valence-electron chi connectivity index (χ4n) is 2.25. The van der Waals surface area contributed by atoms with Gasteiger partial charge in [-0.2, -0.15) is 0 Å². The minimum absolute atomic E-state index is 0.356. The maximum Gasteiger partial charge on any atom is 0.127 e. The second-order valence-corrected chi connectivity index (χ2v) is 5.03. The number of hydrogen-bond acceptors (Lipinski definition) is 3. The lowest BCUT2D eigenvalue weighted by Crippen LogP contribution is -2.17. The van der Waals surface area contributed by atoms with Crippen LogP contribution < -0.4 is 10.1 Å². The molecule has 0 saturated carbocycles. The summed E-state index contributed by atoms with van der Waals surface area (Å²) in [6.45, 7) is 5.83. The van der Waals surface area contributed by atoms with Gasteiger partial charge in [-0.1, -0.05) is 31.2 Å². The molecule has 3 heteroatoms. The van der Waals surface area contributed by atoms with Gasteiger partial charge in [-0.3, -0.25) is 0 Å². The molecule has 0 bridgehead atoms. The van der Waals surface area contributed by atoms with Crippen molar-refractivity contribution >= 4 is 0 Å². The number of rotatable bonds is 7. The lowest BCUT2D eigenvalue weighted by atomic mass is 10.1. The smallest absolute Gasteiger partial charge is 0.127 e. The Bertz CT molecular complexity index is 551. The van der Waals surface area contributed by atoms with Crippen molar-refractivity contribution in [3.05, 3.63) is 59.7 Å². The van der Waals surface area contributed by atoms with Crippen molar-refractivity contribution in [1.29, 1.82) is 0 Å². The second kappa shape index (κ2) is 7.81. The fourth-order valence-corrected chi connectivity index (χ4v) is 2.25. The lowest BCUT2D eigenvalue weighted by Gasteiger charge is -2.13. The van der Waals surface area contributed by atoms with Crippen molar-refractivity contribution in [1.82, 2.24) is 5.32 Å². The molecule has 0 amide bonds. The summed E-state index contributed by atoms with van der Waals surface area (Å²) in [7, 11) is 1.69. The Morgan fingerprint density at radius 2 is 1.81 bits per heavy atom. The van der Waals surface area contributed by atoms with E-state index in [4.69, 9.17) is 9.47 Å². The quantitative estimate of drug-likeness (QED) is 0.823. The SMILES string of the molecule is CCNC(C)c1ccc(Oc2cccc(COC)c2)cc1. The molecule has 112 valence electrons. The molecule has 0 aromatic heterocycles. The van der Waals surface area contributed by atoms with Gasteiger partial charge in [-0.25, -0.2) is 0 Å². The third-order valence-corrected chi connectivity index (χ3v) is 3.34. The van der Waals surface area contributed by atoms with Crippen molar-refractivity contribution in [2.45, 2.75) is 26.5 Å². The summed E-state index contributed by atoms with van der Waals surface area (Å²) < 4.78 is 11.0. The standard InChI is InChI=1S/C18H23NO2/c1-4-19-14(2)16-8-10-17(11-9-16)21-18-7-5-6-15(12-18)13-20-3/h5-12,14,19H,4,13H2,1-3H3. The zero-order valence-electron chi connectivity index (χ0n) is 12.9. The first-order chi connectivity index (χ1) is 10.2. The molecule has 2 rings (SSSR count). The zero-order chi connectivity index (χ0) is 15.1. The van der Waals surface area contributed by atoms with E-state index in [1.165, 1.54) is 5.56 Å². The third kappa shape index (κ3) is 4.59. The van der Waals surface area contributed by atoms with E-state index in [2.05, 4.69) is 31.3 Å². The summed E-state index contributed by atoms with van der Waals surface area (Å²) in [5.41, 5.74) is 2.37. The van der Waals surface area contributed by atoms with E-state index in [0.29, 0.717) is 12.6 Å². The fraction of sp³-hybridized carbons (Fsp3) is 0.333. The van der Waals surface area contributed by atoms with E-state index >= 15 is 0 Å². The van der Waals surface area contributed by atoms with Crippen molar-refractivity contribution < 1.29 is 9.47 Å². The van der Waals surface area contributed by atoms with Gasteiger partial charge in [0.2, 0.25) is 0 Å². The highest BCUT2D eigenvalue weighted by Crippen LogP contribution is 2.24. The number of benzene rings is 2. The second-order valence-electron chi connectivity index (χ2n) is 5.03. The van der Waals surface area contributed by atoms with Crippen molar-refractivity contribution in [3.8, 4) is 11.5 Å². The van der Waals surface area contributed by atoms with Gasteiger partial charge in [0, 0.05) is 13.2 Å². The van der Waals surface area contributed by atoms with Crippen LogP contribution in [0.1, 0.15) is 31.0 Å². The maximum atomic E-state index is 5.88. The first-order valence-electron chi connectivity index (χ1n) is 7.32. The van der Waals surface area contributed by atoms with Crippen LogP contribution in [0.2, 0.25) is 0 Å². The normalized spacial score (nSPS) is 12.1. The highest BCUT2D eigenvalue weighted by molar-refractivity contribution is 5.35. The van der Waals surface area contributed by atoms with E-state index in [1.54, 1.807) is 7.11 Å². The summed E-state index contributed by atoms with van der Waals surface area (Å²) in [6.07, 6.45) is 0. The molecule has 1 unspecified atom stereocenters. The van der Waals surface area contributed by atoms with Crippen LogP contribution in [0.3, 0.4) is 0 Å². The van der Waals surface area contributed by atoms with Gasteiger partial charge in [0.1, 0.15) is 11.5 Å². The van der Waals surface area contributed by atoms with Gasteiger partial charge in [-0.15, -0.1) is 0 Å². The molecule has 3 nitrogen and oxygen atoms in total. The minimum atomic E-state index is 0.356. The first-order valence-corrected chi connectivity index (χ1v) is 7.32. The molecule has 0 heterocycles. The van der Waals surface area contributed by atoms with Gasteiger partial charge in [-0.05, 0) is 48.9 Å². The molecular weight excluding hydrogens is 262 g/mol. The molecule has 2 aromatic carbocycles. The molecule has 21 heavy (non-hydrogen) atoms. The van der Waals surface area contributed by atoms with Crippen LogP contribution in [0.4, 0.5) is 0 Å². The van der Waals surface area contributed by atoms with E-state index in [1.807, 2.05) is 36.4 Å². The number of hydrogen-bond donors (Lipinski definition) is 1. The van der Waals surface area contributed by atoms with Gasteiger partial charge < -0.3 is 14.8 Å². The number of methoxy groups -OCH3 is 1. The summed E-state index contributed by atoms with van der Waals surface area (Å²) in [4.78, 5) is 0. The summed E-state index contributed by atoms with van der Waals surface area (Å²) in [5.74, 6) is 1.68. The molecule has 0 aliphatic carbocycles. The summed E-state index contributed by atoms with van der Waals surface area (Å²) in [5, 5.41) is 3.40. The van der Waals surface area contributed by atoms with Gasteiger partial charge >= 0.3 is 0 Å². The Morgan fingerprint density at radius 3 is 2.48 bits per heavy atom. The van der Waals surface area contributed by atoms with Crippen LogP contribution in [0.15, 0.2) is 48.5 Å². The molecule has 1 atom stereocenters. The molecule has 0 fully saturated rings. The van der Waals surface area contributed by atoms with E-state index < -0.39 is 0 Å². The van der Waals surface area contributed by atoms with Crippen molar-refractivity contribution in [2.24, 2.45) is 0 Å². The van der Waals surface area contributed by atoms with Crippen LogP contribution in [0.5, 0.6) is 11.5 Å². The average Bonchev–Trinajstić information content (AvgIpc) is 2.49. The highest BCUT2D eigenvalue weighted by atomic mass is 16.5. The Morgan fingerprint density at radius 1 is 1.05 bits per heavy atom. The number of ether oxygens (including phenoxy) is 2. The molecule has 0 saturated heterocycles. The molecule has 0 aliphatic rings. The van der Waals surface area contributed by atoms with Crippen LogP contribution in [0.25, 0.3) is 0 Å². The Kier molecular flexibility index (Phi) is 5.78. The van der Waals surface area contributed by atoms with Crippen LogP contribution in [-0.4, -0.2) is 13.7 Å². The predicted octanol–water partition coefficient (Wildman–Crippen LogP) is 4.30. The van der Waals surface area contributed by atoms with Gasteiger partial charge in [0.25, 0.3) is 0 Å². The zero-order valence-corrected chi connectivity index (χ0v) is 12.9. The van der Waals surface area contributed by atoms with Crippen LogP contribution >= 0.6 is 0 Å². The van der Waals surface area contributed by atoms with Crippen molar-refractivity contribution in [2.75, 3.05) is 13.7 Å². The Balaban J connectivity index is 2.04.